The molecule has 4 atom stereocenters. The highest BCUT2D eigenvalue weighted by atomic mass is 16.6. The van der Waals surface area contributed by atoms with E-state index in [0.717, 1.165) is 5.76 Å². The predicted molar refractivity (Wildman–Crippen MR) is 83.6 cm³/mol. The molecule has 128 valence electrons. The molecule has 4 heterocycles. The van der Waals surface area contributed by atoms with Crippen LogP contribution in [0.5, 0.6) is 0 Å². The van der Waals surface area contributed by atoms with Crippen LogP contribution in [-0.2, 0) is 25.6 Å². The highest BCUT2D eigenvalue weighted by Gasteiger charge is 2.67. The molecule has 2 fully saturated rings. The first-order valence-corrected chi connectivity index (χ1v) is 8.35. The summed E-state index contributed by atoms with van der Waals surface area (Å²) < 4.78 is 16.8. The van der Waals surface area contributed by atoms with Crippen molar-refractivity contribution < 1.29 is 23.5 Å². The molecule has 1 unspecified atom stereocenters. The molecular weight excluding hydrogens is 310 g/mol. The van der Waals surface area contributed by atoms with E-state index in [4.69, 9.17) is 13.9 Å². The fourth-order valence-corrected chi connectivity index (χ4v) is 3.92. The second-order valence-electron chi connectivity index (χ2n) is 7.20. The zero-order chi connectivity index (χ0) is 16.9. The molecule has 0 aromatic carbocycles. The summed E-state index contributed by atoms with van der Waals surface area (Å²) in [5.41, 5.74) is -0.699. The molecule has 1 aromatic heterocycles. The number of carbonyl (C=O) groups is 2. The van der Waals surface area contributed by atoms with E-state index in [1.165, 1.54) is 0 Å². The monoisotopic (exact) mass is 331 g/mol. The minimum absolute atomic E-state index is 0.0650. The Labute approximate surface area is 140 Å². The van der Waals surface area contributed by atoms with Crippen molar-refractivity contribution in [2.75, 3.05) is 13.2 Å². The van der Waals surface area contributed by atoms with Gasteiger partial charge < -0.3 is 18.8 Å². The first-order valence-electron chi connectivity index (χ1n) is 8.35. The number of rotatable bonds is 5. The SMILES string of the molecule is CC(C)COC(=O)C1[C@H]2C(=O)N(Cc3ccco3)C[C@]23C=C[C@H]1O3. The normalized spacial score (nSPS) is 33.5. The van der Waals surface area contributed by atoms with Gasteiger partial charge in [-0.3, -0.25) is 9.59 Å². The number of hydrogen-bond acceptors (Lipinski definition) is 5. The van der Waals surface area contributed by atoms with Gasteiger partial charge in [-0.25, -0.2) is 0 Å². The molecular formula is C18H21NO5. The van der Waals surface area contributed by atoms with Gasteiger partial charge in [-0.2, -0.15) is 0 Å². The molecule has 6 nitrogen and oxygen atoms in total. The van der Waals surface area contributed by atoms with E-state index in [1.54, 1.807) is 17.2 Å². The van der Waals surface area contributed by atoms with Crippen LogP contribution in [0.25, 0.3) is 0 Å². The van der Waals surface area contributed by atoms with E-state index < -0.39 is 17.4 Å². The van der Waals surface area contributed by atoms with Gasteiger partial charge in [0.1, 0.15) is 17.3 Å². The Kier molecular flexibility index (Phi) is 3.53. The summed E-state index contributed by atoms with van der Waals surface area (Å²) in [5, 5.41) is 0. The van der Waals surface area contributed by atoms with Crippen molar-refractivity contribution in [2.24, 2.45) is 17.8 Å². The first kappa shape index (κ1) is 15.4. The number of fused-ring (bicyclic) bond motifs is 1. The topological polar surface area (TPSA) is 69.0 Å². The molecule has 3 aliphatic heterocycles. The lowest BCUT2D eigenvalue weighted by Crippen LogP contribution is -2.40. The average Bonchev–Trinajstić information content (AvgIpc) is 3.28. The molecule has 0 aliphatic carbocycles. The van der Waals surface area contributed by atoms with Gasteiger partial charge >= 0.3 is 5.97 Å². The molecule has 1 amide bonds. The standard InChI is InChI=1S/C18H21NO5/c1-11(2)9-23-17(21)14-13-5-6-18(24-13)10-19(16(20)15(14)18)8-12-4-3-7-22-12/h3-7,11,13-15H,8-10H2,1-2H3/t13-,14?,15+,18-/m1/s1. The van der Waals surface area contributed by atoms with E-state index in [1.807, 2.05) is 32.1 Å². The highest BCUT2D eigenvalue weighted by molar-refractivity contribution is 5.91. The average molecular weight is 331 g/mol. The van der Waals surface area contributed by atoms with Crippen molar-refractivity contribution in [3.8, 4) is 0 Å². The Bertz CT molecular complexity index is 680. The van der Waals surface area contributed by atoms with Crippen LogP contribution in [0.15, 0.2) is 35.0 Å². The number of furan rings is 1. The van der Waals surface area contributed by atoms with Gasteiger partial charge in [0.05, 0.1) is 38.0 Å². The molecule has 3 aliphatic rings. The van der Waals surface area contributed by atoms with Crippen LogP contribution < -0.4 is 0 Å². The Hall–Kier alpha value is -2.08. The van der Waals surface area contributed by atoms with Crippen molar-refractivity contribution in [3.63, 3.8) is 0 Å². The zero-order valence-corrected chi connectivity index (χ0v) is 13.8. The van der Waals surface area contributed by atoms with Crippen molar-refractivity contribution in [1.29, 1.82) is 0 Å². The summed E-state index contributed by atoms with van der Waals surface area (Å²) in [6, 6.07) is 3.63. The van der Waals surface area contributed by atoms with Gasteiger partial charge in [0.15, 0.2) is 0 Å². The number of carbonyl (C=O) groups excluding carboxylic acids is 2. The zero-order valence-electron chi connectivity index (χ0n) is 13.8. The van der Waals surface area contributed by atoms with E-state index in [0.29, 0.717) is 19.7 Å². The number of likely N-dealkylation sites (tertiary alicyclic amines) is 1. The Morgan fingerprint density at radius 3 is 3.04 bits per heavy atom. The van der Waals surface area contributed by atoms with Gasteiger partial charge in [-0.15, -0.1) is 0 Å². The summed E-state index contributed by atoms with van der Waals surface area (Å²) in [7, 11) is 0. The molecule has 24 heavy (non-hydrogen) atoms. The summed E-state index contributed by atoms with van der Waals surface area (Å²) in [4.78, 5) is 27.1. The largest absolute Gasteiger partial charge is 0.467 e. The maximum absolute atomic E-state index is 12.9. The van der Waals surface area contributed by atoms with Crippen molar-refractivity contribution in [3.05, 3.63) is 36.3 Å². The summed E-state index contributed by atoms with van der Waals surface area (Å²) in [6.07, 6.45) is 5.06. The Morgan fingerprint density at radius 2 is 2.33 bits per heavy atom. The quantitative estimate of drug-likeness (QED) is 0.607. The highest BCUT2D eigenvalue weighted by Crippen LogP contribution is 2.52. The van der Waals surface area contributed by atoms with Crippen LogP contribution in [0.1, 0.15) is 19.6 Å². The third-order valence-electron chi connectivity index (χ3n) is 4.94. The molecule has 0 radical (unpaired) electrons. The summed E-state index contributed by atoms with van der Waals surface area (Å²) in [6.45, 7) is 5.16. The van der Waals surface area contributed by atoms with Gasteiger partial charge in [0.2, 0.25) is 5.91 Å². The molecule has 1 spiro atoms. The van der Waals surface area contributed by atoms with Crippen LogP contribution >= 0.6 is 0 Å². The smallest absolute Gasteiger partial charge is 0.312 e. The first-order chi connectivity index (χ1) is 11.5. The fraction of sp³-hybridized carbons (Fsp3) is 0.556. The van der Waals surface area contributed by atoms with Gasteiger partial charge in [0, 0.05) is 0 Å². The predicted octanol–water partition coefficient (Wildman–Crippen LogP) is 1.76. The Balaban J connectivity index is 1.54. The molecule has 0 N–H and O–H groups in total. The second-order valence-corrected chi connectivity index (χ2v) is 7.20. The van der Waals surface area contributed by atoms with E-state index in [2.05, 4.69) is 0 Å². The van der Waals surface area contributed by atoms with Crippen LogP contribution in [0.4, 0.5) is 0 Å². The lowest BCUT2D eigenvalue weighted by molar-refractivity contribution is -0.154. The molecule has 4 rings (SSSR count). The van der Waals surface area contributed by atoms with E-state index >= 15 is 0 Å². The minimum Gasteiger partial charge on any atom is -0.467 e. The lowest BCUT2D eigenvalue weighted by atomic mass is 9.77. The minimum atomic E-state index is -0.699. The second kappa shape index (κ2) is 5.48. The molecule has 0 saturated carbocycles. The van der Waals surface area contributed by atoms with Gasteiger partial charge in [-0.05, 0) is 18.1 Å². The molecule has 1 aromatic rings. The summed E-state index contributed by atoms with van der Waals surface area (Å²) >= 11 is 0. The number of esters is 1. The summed E-state index contributed by atoms with van der Waals surface area (Å²) in [5.74, 6) is -0.474. The van der Waals surface area contributed by atoms with Crippen LogP contribution in [0.3, 0.4) is 0 Å². The van der Waals surface area contributed by atoms with Crippen molar-refractivity contribution in [1.82, 2.24) is 4.90 Å². The van der Waals surface area contributed by atoms with Crippen LogP contribution in [0.2, 0.25) is 0 Å². The lowest BCUT2D eigenvalue weighted by Gasteiger charge is -2.23. The van der Waals surface area contributed by atoms with E-state index in [9.17, 15) is 9.59 Å². The Morgan fingerprint density at radius 1 is 1.50 bits per heavy atom. The molecule has 2 bridgehead atoms. The van der Waals surface area contributed by atoms with E-state index in [-0.39, 0.29) is 23.9 Å². The van der Waals surface area contributed by atoms with Gasteiger partial charge in [-0.1, -0.05) is 26.0 Å². The van der Waals surface area contributed by atoms with Gasteiger partial charge in [0.25, 0.3) is 0 Å². The van der Waals surface area contributed by atoms with Crippen molar-refractivity contribution >= 4 is 11.9 Å². The fourth-order valence-electron chi connectivity index (χ4n) is 3.92. The van der Waals surface area contributed by atoms with Crippen LogP contribution in [-0.4, -0.2) is 41.6 Å². The number of nitrogens with zero attached hydrogens (tertiary/aromatic N) is 1. The third-order valence-corrected chi connectivity index (χ3v) is 4.94. The van der Waals surface area contributed by atoms with Crippen molar-refractivity contribution in [2.45, 2.75) is 32.1 Å². The number of amides is 1. The maximum atomic E-state index is 12.9. The third kappa shape index (κ3) is 2.28. The van der Waals surface area contributed by atoms with Crippen LogP contribution in [0, 0.1) is 17.8 Å². The number of hydrogen-bond donors (Lipinski definition) is 0. The maximum Gasteiger partial charge on any atom is 0.312 e. The number of ether oxygens (including phenoxy) is 2. The molecule has 6 heteroatoms. The molecule has 2 saturated heterocycles.